The summed E-state index contributed by atoms with van der Waals surface area (Å²) in [5, 5.41) is 6.29. The molecular formula is C10H17N3S. The summed E-state index contributed by atoms with van der Waals surface area (Å²) in [7, 11) is 0. The van der Waals surface area contributed by atoms with Crippen LogP contribution < -0.4 is 11.1 Å². The van der Waals surface area contributed by atoms with Crippen LogP contribution in [0.1, 0.15) is 31.4 Å². The Bertz CT molecular complexity index is 279. The third-order valence-electron chi connectivity index (χ3n) is 2.74. The van der Waals surface area contributed by atoms with Crippen molar-refractivity contribution in [3.63, 3.8) is 0 Å². The van der Waals surface area contributed by atoms with Crippen LogP contribution in [0.2, 0.25) is 0 Å². The van der Waals surface area contributed by atoms with Crippen LogP contribution in [-0.2, 0) is 6.42 Å². The molecule has 1 aromatic heterocycles. The lowest BCUT2D eigenvalue weighted by molar-refractivity contribution is 0.526. The molecule has 0 aromatic carbocycles. The van der Waals surface area contributed by atoms with Gasteiger partial charge in [0.05, 0.1) is 5.69 Å². The van der Waals surface area contributed by atoms with Gasteiger partial charge < -0.3 is 11.1 Å². The normalized spacial score (nSPS) is 17.7. The van der Waals surface area contributed by atoms with Crippen molar-refractivity contribution in [1.82, 2.24) is 10.3 Å². The predicted molar refractivity (Wildman–Crippen MR) is 60.5 cm³/mol. The average Bonchev–Trinajstić information content (AvgIpc) is 2.77. The van der Waals surface area contributed by atoms with Gasteiger partial charge in [-0.15, -0.1) is 11.3 Å². The molecule has 1 saturated carbocycles. The largest absolute Gasteiger partial charge is 0.375 e. The van der Waals surface area contributed by atoms with E-state index in [-0.39, 0.29) is 0 Å². The second-order valence-corrected chi connectivity index (χ2v) is 4.75. The van der Waals surface area contributed by atoms with Crippen LogP contribution in [0.5, 0.6) is 0 Å². The first kappa shape index (κ1) is 9.93. The summed E-state index contributed by atoms with van der Waals surface area (Å²) >= 11 is 1.53. The Hall–Kier alpha value is -0.610. The zero-order valence-electron chi connectivity index (χ0n) is 8.33. The van der Waals surface area contributed by atoms with Gasteiger partial charge in [-0.25, -0.2) is 4.98 Å². The van der Waals surface area contributed by atoms with Crippen LogP contribution in [0.25, 0.3) is 0 Å². The molecule has 0 spiro atoms. The molecule has 1 fully saturated rings. The van der Waals surface area contributed by atoms with Crippen molar-refractivity contribution < 1.29 is 0 Å². The maximum absolute atomic E-state index is 5.56. The number of rotatable bonds is 4. The van der Waals surface area contributed by atoms with Gasteiger partial charge in [0.15, 0.2) is 5.13 Å². The van der Waals surface area contributed by atoms with Gasteiger partial charge in [-0.2, -0.15) is 0 Å². The van der Waals surface area contributed by atoms with Crippen molar-refractivity contribution in [3.05, 3.63) is 11.1 Å². The minimum Gasteiger partial charge on any atom is -0.375 e. The molecule has 1 aromatic rings. The first-order valence-electron chi connectivity index (χ1n) is 5.28. The van der Waals surface area contributed by atoms with Crippen molar-refractivity contribution in [3.8, 4) is 0 Å². The van der Waals surface area contributed by atoms with Gasteiger partial charge in [0, 0.05) is 24.4 Å². The van der Waals surface area contributed by atoms with Crippen LogP contribution in [0.3, 0.4) is 0 Å². The Labute approximate surface area is 88.7 Å². The monoisotopic (exact) mass is 211 g/mol. The first-order chi connectivity index (χ1) is 6.84. The first-order valence-corrected chi connectivity index (χ1v) is 6.16. The summed E-state index contributed by atoms with van der Waals surface area (Å²) < 4.78 is 0. The van der Waals surface area contributed by atoms with Gasteiger partial charge in [0.25, 0.3) is 0 Å². The van der Waals surface area contributed by atoms with Crippen molar-refractivity contribution in [1.29, 1.82) is 0 Å². The molecule has 3 nitrogen and oxygen atoms in total. The SMILES string of the molecule is Nc1nc(CCNC2CCCC2)cs1. The second kappa shape index (κ2) is 4.75. The Balaban J connectivity index is 1.67. The molecule has 0 radical (unpaired) electrons. The molecule has 0 bridgehead atoms. The Morgan fingerprint density at radius 2 is 2.29 bits per heavy atom. The number of hydrogen-bond acceptors (Lipinski definition) is 4. The number of nitrogen functional groups attached to an aromatic ring is 1. The molecule has 14 heavy (non-hydrogen) atoms. The number of nitrogens with one attached hydrogen (secondary N) is 1. The van der Waals surface area contributed by atoms with E-state index < -0.39 is 0 Å². The highest BCUT2D eigenvalue weighted by Crippen LogP contribution is 2.17. The van der Waals surface area contributed by atoms with Gasteiger partial charge in [0.2, 0.25) is 0 Å². The molecule has 1 heterocycles. The van der Waals surface area contributed by atoms with Gasteiger partial charge in [-0.3, -0.25) is 0 Å². The highest BCUT2D eigenvalue weighted by molar-refractivity contribution is 7.13. The fourth-order valence-corrected chi connectivity index (χ4v) is 2.57. The van der Waals surface area contributed by atoms with Crippen LogP contribution >= 0.6 is 11.3 Å². The van der Waals surface area contributed by atoms with Crippen molar-refractivity contribution in [2.24, 2.45) is 0 Å². The van der Waals surface area contributed by atoms with Gasteiger partial charge >= 0.3 is 0 Å². The summed E-state index contributed by atoms with van der Waals surface area (Å²) in [6.45, 7) is 1.04. The summed E-state index contributed by atoms with van der Waals surface area (Å²) in [5.41, 5.74) is 6.68. The third-order valence-corrected chi connectivity index (χ3v) is 3.46. The average molecular weight is 211 g/mol. The Kier molecular flexibility index (Phi) is 3.37. The smallest absolute Gasteiger partial charge is 0.180 e. The van der Waals surface area contributed by atoms with Crippen LogP contribution in [0.15, 0.2) is 5.38 Å². The summed E-state index contributed by atoms with van der Waals surface area (Å²) in [5.74, 6) is 0. The van der Waals surface area contributed by atoms with E-state index in [2.05, 4.69) is 10.3 Å². The van der Waals surface area contributed by atoms with E-state index in [1.807, 2.05) is 5.38 Å². The molecule has 2 rings (SSSR count). The minimum absolute atomic E-state index is 0.681. The number of thiazole rings is 1. The second-order valence-electron chi connectivity index (χ2n) is 3.86. The highest BCUT2D eigenvalue weighted by atomic mass is 32.1. The number of anilines is 1. The summed E-state index contributed by atoms with van der Waals surface area (Å²) in [6, 6.07) is 0.756. The standard InChI is InChI=1S/C10H17N3S/c11-10-13-9(7-14-10)5-6-12-8-3-1-2-4-8/h7-8,12H,1-6H2,(H2,11,13). The summed E-state index contributed by atoms with van der Waals surface area (Å²) in [6.07, 6.45) is 6.48. The van der Waals surface area contributed by atoms with Crippen molar-refractivity contribution in [2.75, 3.05) is 12.3 Å². The van der Waals surface area contributed by atoms with E-state index in [1.54, 1.807) is 0 Å². The molecule has 0 saturated heterocycles. The van der Waals surface area contributed by atoms with Gasteiger partial charge in [0.1, 0.15) is 0 Å². The fraction of sp³-hybridized carbons (Fsp3) is 0.700. The highest BCUT2D eigenvalue weighted by Gasteiger charge is 2.13. The predicted octanol–water partition coefficient (Wildman–Crippen LogP) is 1.80. The topological polar surface area (TPSA) is 50.9 Å². The molecule has 0 aliphatic heterocycles. The van der Waals surface area contributed by atoms with Crippen molar-refractivity contribution >= 4 is 16.5 Å². The molecule has 0 atom stereocenters. The lowest BCUT2D eigenvalue weighted by atomic mass is 10.2. The van der Waals surface area contributed by atoms with Gasteiger partial charge in [-0.1, -0.05) is 12.8 Å². The van der Waals surface area contributed by atoms with E-state index in [0.717, 1.165) is 24.7 Å². The van der Waals surface area contributed by atoms with Crippen LogP contribution in [0, 0.1) is 0 Å². The molecular weight excluding hydrogens is 194 g/mol. The fourth-order valence-electron chi connectivity index (χ4n) is 1.97. The van der Waals surface area contributed by atoms with E-state index in [4.69, 9.17) is 5.73 Å². The van der Waals surface area contributed by atoms with E-state index in [0.29, 0.717) is 5.13 Å². The number of nitrogens with two attached hydrogens (primary N) is 1. The maximum Gasteiger partial charge on any atom is 0.180 e. The van der Waals surface area contributed by atoms with Crippen LogP contribution in [-0.4, -0.2) is 17.6 Å². The van der Waals surface area contributed by atoms with E-state index >= 15 is 0 Å². The number of nitrogens with zero attached hydrogens (tertiary/aromatic N) is 1. The minimum atomic E-state index is 0.681. The zero-order valence-corrected chi connectivity index (χ0v) is 9.15. The Morgan fingerprint density at radius 1 is 1.50 bits per heavy atom. The number of aromatic nitrogens is 1. The third kappa shape index (κ3) is 2.69. The lowest BCUT2D eigenvalue weighted by Gasteiger charge is -2.10. The maximum atomic E-state index is 5.56. The van der Waals surface area contributed by atoms with Crippen molar-refractivity contribution in [2.45, 2.75) is 38.1 Å². The molecule has 1 aliphatic carbocycles. The summed E-state index contributed by atoms with van der Waals surface area (Å²) in [4.78, 5) is 4.23. The Morgan fingerprint density at radius 3 is 2.93 bits per heavy atom. The lowest BCUT2D eigenvalue weighted by Crippen LogP contribution is -2.28. The zero-order chi connectivity index (χ0) is 9.80. The van der Waals surface area contributed by atoms with Gasteiger partial charge in [-0.05, 0) is 12.8 Å². The molecule has 0 unspecified atom stereocenters. The molecule has 3 N–H and O–H groups in total. The van der Waals surface area contributed by atoms with Crippen LogP contribution in [0.4, 0.5) is 5.13 Å². The number of hydrogen-bond donors (Lipinski definition) is 2. The van der Waals surface area contributed by atoms with E-state index in [1.165, 1.54) is 37.0 Å². The molecule has 1 aliphatic rings. The molecule has 4 heteroatoms. The molecule has 0 amide bonds. The van der Waals surface area contributed by atoms with E-state index in [9.17, 15) is 0 Å². The quantitative estimate of drug-likeness (QED) is 0.798. The molecule has 78 valence electrons.